The molecule has 0 unspecified atom stereocenters. The average Bonchev–Trinajstić information content (AvgIpc) is 2.67. The fourth-order valence-electron chi connectivity index (χ4n) is 1.51. The van der Waals surface area contributed by atoms with Gasteiger partial charge < -0.3 is 9.47 Å². The van der Waals surface area contributed by atoms with Gasteiger partial charge in [0.25, 0.3) is 0 Å². The number of fused-ring (bicyclic) bond motifs is 1. The van der Waals surface area contributed by atoms with E-state index in [1.807, 2.05) is 6.92 Å². The molecule has 0 atom stereocenters. The molecule has 0 saturated carbocycles. The van der Waals surface area contributed by atoms with Crippen molar-refractivity contribution in [2.24, 2.45) is 0 Å². The Bertz CT molecular complexity index is 536. The van der Waals surface area contributed by atoms with Gasteiger partial charge in [0, 0.05) is 12.4 Å². The average molecular weight is 235 g/mol. The first kappa shape index (κ1) is 11.4. The van der Waals surface area contributed by atoms with Crippen molar-refractivity contribution in [3.63, 3.8) is 0 Å². The maximum Gasteiger partial charge on any atom is 0.346 e. The molecule has 0 aromatic carbocycles. The van der Waals surface area contributed by atoms with Crippen LogP contribution in [-0.2, 0) is 4.74 Å². The van der Waals surface area contributed by atoms with Crippen LogP contribution in [0.3, 0.4) is 0 Å². The maximum absolute atomic E-state index is 11.8. The molecular formula is C11H13N3O3. The third-order valence-corrected chi connectivity index (χ3v) is 2.17. The highest BCUT2D eigenvalue weighted by molar-refractivity contribution is 5.99. The number of nitrogens with zero attached hydrogens (tertiary/aromatic N) is 3. The van der Waals surface area contributed by atoms with E-state index in [1.165, 1.54) is 0 Å². The first-order chi connectivity index (χ1) is 8.27. The molecule has 6 heteroatoms. The highest BCUT2D eigenvalue weighted by atomic mass is 16.5. The molecule has 90 valence electrons. The van der Waals surface area contributed by atoms with Crippen molar-refractivity contribution >= 4 is 11.5 Å². The second-order valence-corrected chi connectivity index (χ2v) is 3.24. The molecule has 2 aromatic heterocycles. The highest BCUT2D eigenvalue weighted by Gasteiger charge is 2.22. The number of carbonyl (C=O) groups excluding carboxylic acids is 1. The SMILES string of the molecule is CCOC(=O)c1c(OCC)nn2ccncc12. The normalized spacial score (nSPS) is 10.5. The zero-order valence-electron chi connectivity index (χ0n) is 9.71. The molecule has 0 fully saturated rings. The van der Waals surface area contributed by atoms with Crippen LogP contribution in [0.5, 0.6) is 5.88 Å². The van der Waals surface area contributed by atoms with E-state index in [1.54, 1.807) is 30.0 Å². The van der Waals surface area contributed by atoms with Gasteiger partial charge in [0.2, 0.25) is 5.88 Å². The van der Waals surface area contributed by atoms with Gasteiger partial charge >= 0.3 is 5.97 Å². The van der Waals surface area contributed by atoms with Crippen molar-refractivity contribution in [3.8, 4) is 5.88 Å². The summed E-state index contributed by atoms with van der Waals surface area (Å²) >= 11 is 0. The van der Waals surface area contributed by atoms with E-state index in [-0.39, 0.29) is 5.88 Å². The molecule has 0 saturated heterocycles. The fraction of sp³-hybridized carbons (Fsp3) is 0.364. The Hall–Kier alpha value is -2.11. The molecule has 0 radical (unpaired) electrons. The van der Waals surface area contributed by atoms with Gasteiger partial charge in [0.05, 0.1) is 19.4 Å². The molecule has 2 heterocycles. The Kier molecular flexibility index (Phi) is 3.22. The van der Waals surface area contributed by atoms with E-state index >= 15 is 0 Å². The van der Waals surface area contributed by atoms with Crippen molar-refractivity contribution < 1.29 is 14.3 Å². The van der Waals surface area contributed by atoms with Crippen molar-refractivity contribution in [1.29, 1.82) is 0 Å². The first-order valence-electron chi connectivity index (χ1n) is 5.40. The third-order valence-electron chi connectivity index (χ3n) is 2.17. The Balaban J connectivity index is 2.55. The molecule has 2 aromatic rings. The minimum atomic E-state index is -0.445. The second-order valence-electron chi connectivity index (χ2n) is 3.24. The first-order valence-corrected chi connectivity index (χ1v) is 5.40. The van der Waals surface area contributed by atoms with E-state index in [4.69, 9.17) is 9.47 Å². The zero-order chi connectivity index (χ0) is 12.3. The van der Waals surface area contributed by atoms with Gasteiger partial charge in [-0.25, -0.2) is 9.31 Å². The minimum absolute atomic E-state index is 0.277. The highest BCUT2D eigenvalue weighted by Crippen LogP contribution is 2.22. The van der Waals surface area contributed by atoms with Gasteiger partial charge in [0.1, 0.15) is 5.52 Å². The molecule has 0 amide bonds. The summed E-state index contributed by atoms with van der Waals surface area (Å²) in [6.07, 6.45) is 4.80. The van der Waals surface area contributed by atoms with Crippen LogP contribution < -0.4 is 4.74 Å². The summed E-state index contributed by atoms with van der Waals surface area (Å²) < 4.78 is 11.9. The maximum atomic E-state index is 11.8. The Morgan fingerprint density at radius 3 is 2.94 bits per heavy atom. The summed E-state index contributed by atoms with van der Waals surface area (Å²) in [7, 11) is 0. The number of ether oxygens (including phenoxy) is 2. The predicted molar refractivity (Wildman–Crippen MR) is 60.1 cm³/mol. The molecule has 17 heavy (non-hydrogen) atoms. The molecule has 0 N–H and O–H groups in total. The van der Waals surface area contributed by atoms with Crippen LogP contribution in [-0.4, -0.2) is 33.8 Å². The summed E-state index contributed by atoms with van der Waals surface area (Å²) in [5, 5.41) is 4.16. The standard InChI is InChI=1S/C11H13N3O3/c1-3-16-10-9(11(15)17-4-2)8-7-12-5-6-14(8)13-10/h5-7H,3-4H2,1-2H3. The van der Waals surface area contributed by atoms with E-state index in [0.29, 0.717) is 24.3 Å². The predicted octanol–water partition coefficient (Wildman–Crippen LogP) is 1.30. The van der Waals surface area contributed by atoms with Gasteiger partial charge in [-0.05, 0) is 13.8 Å². The molecule has 0 bridgehead atoms. The fourth-order valence-corrected chi connectivity index (χ4v) is 1.51. The lowest BCUT2D eigenvalue weighted by Crippen LogP contribution is -2.07. The smallest absolute Gasteiger partial charge is 0.346 e. The minimum Gasteiger partial charge on any atom is -0.476 e. The van der Waals surface area contributed by atoms with Crippen molar-refractivity contribution in [2.45, 2.75) is 13.8 Å². The van der Waals surface area contributed by atoms with E-state index in [9.17, 15) is 4.79 Å². The lowest BCUT2D eigenvalue weighted by atomic mass is 10.3. The molecule has 0 aliphatic heterocycles. The quantitative estimate of drug-likeness (QED) is 0.747. The van der Waals surface area contributed by atoms with Crippen LogP contribution in [0.1, 0.15) is 24.2 Å². The van der Waals surface area contributed by atoms with Crippen LogP contribution >= 0.6 is 0 Å². The summed E-state index contributed by atoms with van der Waals surface area (Å²) in [4.78, 5) is 15.8. The third kappa shape index (κ3) is 2.06. The van der Waals surface area contributed by atoms with Crippen LogP contribution in [0.2, 0.25) is 0 Å². The number of hydrogen-bond donors (Lipinski definition) is 0. The number of esters is 1. The van der Waals surface area contributed by atoms with Gasteiger partial charge in [-0.2, -0.15) is 0 Å². The van der Waals surface area contributed by atoms with Crippen molar-refractivity contribution in [2.75, 3.05) is 13.2 Å². The molecule has 0 spiro atoms. The molecule has 2 rings (SSSR count). The van der Waals surface area contributed by atoms with Gasteiger partial charge in [-0.1, -0.05) is 0 Å². The van der Waals surface area contributed by atoms with Crippen molar-refractivity contribution in [3.05, 3.63) is 24.2 Å². The van der Waals surface area contributed by atoms with Crippen LogP contribution in [0, 0.1) is 0 Å². The van der Waals surface area contributed by atoms with Gasteiger partial charge in [0.15, 0.2) is 5.56 Å². The van der Waals surface area contributed by atoms with Gasteiger partial charge in [-0.15, -0.1) is 5.10 Å². The van der Waals surface area contributed by atoms with E-state index < -0.39 is 5.97 Å². The monoisotopic (exact) mass is 235 g/mol. The van der Waals surface area contributed by atoms with Gasteiger partial charge in [-0.3, -0.25) is 4.98 Å². The number of rotatable bonds is 4. The van der Waals surface area contributed by atoms with E-state index in [2.05, 4.69) is 10.1 Å². The number of carbonyl (C=O) groups is 1. The number of hydrogen-bond acceptors (Lipinski definition) is 5. The van der Waals surface area contributed by atoms with Crippen molar-refractivity contribution in [1.82, 2.24) is 14.6 Å². The second kappa shape index (κ2) is 4.82. The topological polar surface area (TPSA) is 65.7 Å². The largest absolute Gasteiger partial charge is 0.476 e. The van der Waals surface area contributed by atoms with Crippen LogP contribution in [0.4, 0.5) is 0 Å². The van der Waals surface area contributed by atoms with Crippen LogP contribution in [0.25, 0.3) is 5.52 Å². The summed E-state index contributed by atoms with van der Waals surface area (Å²) in [5.41, 5.74) is 0.899. The molecule has 6 nitrogen and oxygen atoms in total. The Morgan fingerprint density at radius 1 is 1.41 bits per heavy atom. The molecule has 0 aliphatic rings. The summed E-state index contributed by atoms with van der Waals surface area (Å²) in [6.45, 7) is 4.32. The Morgan fingerprint density at radius 2 is 2.24 bits per heavy atom. The molecule has 0 aliphatic carbocycles. The zero-order valence-corrected chi connectivity index (χ0v) is 9.71. The molecular weight excluding hydrogens is 222 g/mol. The van der Waals surface area contributed by atoms with E-state index in [0.717, 1.165) is 0 Å². The Labute approximate surface area is 98.2 Å². The summed E-state index contributed by atoms with van der Waals surface area (Å²) in [6, 6.07) is 0. The van der Waals surface area contributed by atoms with Crippen LogP contribution in [0.15, 0.2) is 18.6 Å². The number of aromatic nitrogens is 3. The lowest BCUT2D eigenvalue weighted by Gasteiger charge is -2.02. The summed E-state index contributed by atoms with van der Waals surface area (Å²) in [5.74, 6) is -0.169. The lowest BCUT2D eigenvalue weighted by molar-refractivity contribution is 0.0524.